The highest BCUT2D eigenvalue weighted by Gasteiger charge is 2.41. The number of hydrogen-bond acceptors (Lipinski definition) is 4. The van der Waals surface area contributed by atoms with E-state index in [2.05, 4.69) is 29.7 Å². The third kappa shape index (κ3) is 3.76. The van der Waals surface area contributed by atoms with Crippen LogP contribution in [0.4, 0.5) is 0 Å². The maximum absolute atomic E-state index is 12.4. The Labute approximate surface area is 147 Å². The van der Waals surface area contributed by atoms with Gasteiger partial charge in [0.2, 0.25) is 5.91 Å². The second-order valence-corrected chi connectivity index (χ2v) is 7.53. The lowest BCUT2D eigenvalue weighted by Crippen LogP contribution is -2.54. The Kier molecular flexibility index (Phi) is 4.57. The van der Waals surface area contributed by atoms with Crippen molar-refractivity contribution in [2.45, 2.75) is 38.6 Å². The van der Waals surface area contributed by atoms with Gasteiger partial charge in [-0.2, -0.15) is 0 Å². The monoisotopic (exact) mass is 342 g/mol. The maximum Gasteiger partial charge on any atom is 0.222 e. The molecule has 0 unspecified atom stereocenters. The van der Waals surface area contributed by atoms with Gasteiger partial charge in [0.1, 0.15) is 0 Å². The zero-order chi connectivity index (χ0) is 17.1. The van der Waals surface area contributed by atoms with Crippen molar-refractivity contribution in [3.8, 4) is 0 Å². The van der Waals surface area contributed by atoms with E-state index in [0.29, 0.717) is 12.3 Å². The third-order valence-corrected chi connectivity index (χ3v) is 5.64. The minimum absolute atomic E-state index is 0.250. The number of amides is 1. The van der Waals surface area contributed by atoms with E-state index < -0.39 is 0 Å². The molecule has 0 radical (unpaired) electrons. The molecule has 0 saturated carbocycles. The molecular formula is C18H26N6O. The van der Waals surface area contributed by atoms with Crippen LogP contribution in [0.3, 0.4) is 0 Å². The third-order valence-electron chi connectivity index (χ3n) is 5.64. The van der Waals surface area contributed by atoms with E-state index in [9.17, 15) is 4.79 Å². The van der Waals surface area contributed by atoms with E-state index >= 15 is 0 Å². The van der Waals surface area contributed by atoms with Gasteiger partial charge in [-0.1, -0.05) is 0 Å². The van der Waals surface area contributed by atoms with E-state index in [0.717, 1.165) is 51.3 Å². The largest absolute Gasteiger partial charge is 0.348 e. The fraction of sp³-hybridized carbons (Fsp3) is 0.611. The van der Waals surface area contributed by atoms with E-state index in [1.54, 1.807) is 12.7 Å². The average Bonchev–Trinajstić information content (AvgIpc) is 3.30. The molecule has 0 aliphatic carbocycles. The van der Waals surface area contributed by atoms with Crippen molar-refractivity contribution in [1.29, 1.82) is 0 Å². The van der Waals surface area contributed by atoms with E-state index in [1.807, 2.05) is 12.4 Å². The molecule has 2 aliphatic heterocycles. The van der Waals surface area contributed by atoms with Gasteiger partial charge in [0.15, 0.2) is 0 Å². The minimum Gasteiger partial charge on any atom is -0.348 e. The number of piperidine rings is 2. The van der Waals surface area contributed by atoms with Gasteiger partial charge in [-0.3, -0.25) is 9.69 Å². The summed E-state index contributed by atoms with van der Waals surface area (Å²) in [6.07, 6.45) is 12.2. The fourth-order valence-electron chi connectivity index (χ4n) is 4.37. The maximum atomic E-state index is 12.4. The van der Waals surface area contributed by atoms with Crippen molar-refractivity contribution in [2.24, 2.45) is 5.41 Å². The predicted octanol–water partition coefficient (Wildman–Crippen LogP) is 1.58. The van der Waals surface area contributed by atoms with E-state index in [1.165, 1.54) is 18.5 Å². The van der Waals surface area contributed by atoms with Gasteiger partial charge < -0.3 is 14.9 Å². The Morgan fingerprint density at radius 3 is 2.64 bits per heavy atom. The summed E-state index contributed by atoms with van der Waals surface area (Å²) in [5.74, 6) is 0.302. The number of imidazole rings is 2. The molecule has 7 nitrogen and oxygen atoms in total. The first-order valence-corrected chi connectivity index (χ1v) is 9.17. The van der Waals surface area contributed by atoms with Crippen LogP contribution in [-0.2, 0) is 17.8 Å². The minimum atomic E-state index is 0.250. The number of carbonyl (C=O) groups is 1. The summed E-state index contributed by atoms with van der Waals surface area (Å²) in [6.45, 7) is 4.79. The number of carbonyl (C=O) groups excluding carboxylic acids is 1. The molecule has 2 aromatic rings. The predicted molar refractivity (Wildman–Crippen MR) is 93.6 cm³/mol. The molecule has 4 heterocycles. The van der Waals surface area contributed by atoms with E-state index in [4.69, 9.17) is 0 Å². The highest BCUT2D eigenvalue weighted by molar-refractivity contribution is 5.77. The summed E-state index contributed by atoms with van der Waals surface area (Å²) in [7, 11) is 0. The zero-order valence-corrected chi connectivity index (χ0v) is 14.6. The molecule has 0 aromatic carbocycles. The van der Waals surface area contributed by atoms with Gasteiger partial charge >= 0.3 is 0 Å². The van der Waals surface area contributed by atoms with Crippen molar-refractivity contribution in [3.63, 3.8) is 0 Å². The van der Waals surface area contributed by atoms with Crippen LogP contribution in [0.2, 0.25) is 0 Å². The number of H-pyrrole nitrogens is 2. The second-order valence-electron chi connectivity index (χ2n) is 7.53. The second kappa shape index (κ2) is 7.00. The molecule has 2 aliphatic rings. The van der Waals surface area contributed by atoms with Crippen molar-refractivity contribution >= 4 is 5.91 Å². The molecule has 1 amide bonds. The summed E-state index contributed by atoms with van der Waals surface area (Å²) in [5.41, 5.74) is 2.51. The number of aromatic amines is 2. The molecule has 1 spiro atoms. The summed E-state index contributed by atoms with van der Waals surface area (Å²) in [4.78, 5) is 31.5. The number of rotatable bonds is 5. The highest BCUT2D eigenvalue weighted by atomic mass is 16.2. The number of nitrogens with zero attached hydrogens (tertiary/aromatic N) is 4. The van der Waals surface area contributed by atoms with Crippen LogP contribution in [-0.4, -0.2) is 61.8 Å². The molecule has 2 aromatic heterocycles. The van der Waals surface area contributed by atoms with Crippen molar-refractivity contribution < 1.29 is 4.79 Å². The lowest BCUT2D eigenvalue weighted by atomic mass is 9.73. The smallest absolute Gasteiger partial charge is 0.222 e. The highest BCUT2D eigenvalue weighted by Crippen LogP contribution is 2.39. The van der Waals surface area contributed by atoms with Crippen LogP contribution in [0.1, 0.15) is 37.1 Å². The standard InChI is InChI=1S/C18H26N6O/c25-17-2-5-18(12-24(17)7-3-15-8-19-13-21-15)4-1-6-23(11-18)10-16-9-20-14-22-16/h8-9,13-14H,1-7,10-12H2,(H,19,21)(H,20,22)/t18-/m0/s1. The molecule has 134 valence electrons. The topological polar surface area (TPSA) is 80.9 Å². The first-order chi connectivity index (χ1) is 12.2. The molecule has 2 saturated heterocycles. The lowest BCUT2D eigenvalue weighted by molar-refractivity contribution is -0.139. The van der Waals surface area contributed by atoms with Gasteiger partial charge in [0, 0.05) is 68.2 Å². The fourth-order valence-corrected chi connectivity index (χ4v) is 4.37. The lowest BCUT2D eigenvalue weighted by Gasteiger charge is -2.48. The molecular weight excluding hydrogens is 316 g/mol. The Bertz CT molecular complexity index is 683. The Morgan fingerprint density at radius 2 is 1.88 bits per heavy atom. The first kappa shape index (κ1) is 16.3. The summed E-state index contributed by atoms with van der Waals surface area (Å²) < 4.78 is 0. The summed E-state index contributed by atoms with van der Waals surface area (Å²) in [5, 5.41) is 0. The van der Waals surface area contributed by atoms with Crippen LogP contribution in [0.25, 0.3) is 0 Å². The Balaban J connectivity index is 1.39. The van der Waals surface area contributed by atoms with Crippen molar-refractivity contribution in [1.82, 2.24) is 29.7 Å². The number of aromatic nitrogens is 4. The Morgan fingerprint density at radius 1 is 1.08 bits per heavy atom. The average molecular weight is 342 g/mol. The number of hydrogen-bond donors (Lipinski definition) is 2. The molecule has 2 N–H and O–H groups in total. The van der Waals surface area contributed by atoms with Crippen LogP contribution in [0.15, 0.2) is 25.0 Å². The van der Waals surface area contributed by atoms with E-state index in [-0.39, 0.29) is 5.41 Å². The quantitative estimate of drug-likeness (QED) is 0.864. The Hall–Kier alpha value is -2.15. The van der Waals surface area contributed by atoms with Crippen LogP contribution in [0, 0.1) is 5.41 Å². The molecule has 7 heteroatoms. The van der Waals surface area contributed by atoms with Crippen LogP contribution >= 0.6 is 0 Å². The molecule has 1 atom stereocenters. The zero-order valence-electron chi connectivity index (χ0n) is 14.6. The summed E-state index contributed by atoms with van der Waals surface area (Å²) in [6, 6.07) is 0. The van der Waals surface area contributed by atoms with Crippen molar-refractivity contribution in [3.05, 3.63) is 36.4 Å². The SMILES string of the molecule is O=C1CC[C@]2(CCCN(Cc3cnc[nH]3)C2)CN1CCc1cnc[nH]1. The first-order valence-electron chi connectivity index (χ1n) is 9.17. The summed E-state index contributed by atoms with van der Waals surface area (Å²) >= 11 is 0. The van der Waals surface area contributed by atoms with Gasteiger partial charge in [-0.25, -0.2) is 9.97 Å². The molecule has 25 heavy (non-hydrogen) atoms. The van der Waals surface area contributed by atoms with Crippen LogP contribution in [0.5, 0.6) is 0 Å². The van der Waals surface area contributed by atoms with Crippen molar-refractivity contribution in [2.75, 3.05) is 26.2 Å². The normalized spacial score (nSPS) is 25.0. The van der Waals surface area contributed by atoms with Gasteiger partial charge in [0.05, 0.1) is 12.7 Å². The van der Waals surface area contributed by atoms with Gasteiger partial charge in [-0.15, -0.1) is 0 Å². The van der Waals surface area contributed by atoms with Gasteiger partial charge in [0.25, 0.3) is 0 Å². The molecule has 0 bridgehead atoms. The molecule has 2 fully saturated rings. The number of nitrogens with one attached hydrogen (secondary N) is 2. The van der Waals surface area contributed by atoms with Crippen LogP contribution < -0.4 is 0 Å². The molecule has 4 rings (SSSR count). The van der Waals surface area contributed by atoms with Gasteiger partial charge in [-0.05, 0) is 25.8 Å². The number of likely N-dealkylation sites (tertiary alicyclic amines) is 2.